The van der Waals surface area contributed by atoms with Gasteiger partial charge >= 0.3 is 6.18 Å². The molecule has 1 N–H and O–H groups in total. The molecule has 1 amide bonds. The number of para-hydroxylation sites is 1. The maximum Gasteiger partial charge on any atom is 0.435 e. The van der Waals surface area contributed by atoms with Crippen molar-refractivity contribution in [2.45, 2.75) is 24.5 Å². The van der Waals surface area contributed by atoms with Crippen molar-refractivity contribution < 1.29 is 26.4 Å². The number of sulfone groups is 1. The summed E-state index contributed by atoms with van der Waals surface area (Å²) in [5.74, 6) is -0.220. The first-order valence-corrected chi connectivity index (χ1v) is 12.7. The van der Waals surface area contributed by atoms with Crippen LogP contribution in [0, 0.1) is 0 Å². The number of nitrogens with zero attached hydrogens (tertiary/aromatic N) is 2. The second kappa shape index (κ2) is 9.62. The van der Waals surface area contributed by atoms with Crippen LogP contribution in [-0.2, 0) is 27.4 Å². The lowest BCUT2D eigenvalue weighted by molar-refractivity contribution is -0.140. The molecular weight excluding hydrogens is 491 g/mol. The molecule has 0 aliphatic rings. The first-order chi connectivity index (χ1) is 16.9. The Morgan fingerprint density at radius 2 is 1.50 bits per heavy atom. The number of aromatic nitrogens is 2. The molecule has 0 radical (unpaired) electrons. The van der Waals surface area contributed by atoms with Crippen molar-refractivity contribution in [3.8, 4) is 28.1 Å². The van der Waals surface area contributed by atoms with Crippen LogP contribution in [0.2, 0.25) is 0 Å². The summed E-state index contributed by atoms with van der Waals surface area (Å²) in [7, 11) is -3.49. The first kappa shape index (κ1) is 25.2. The lowest BCUT2D eigenvalue weighted by Gasteiger charge is -2.12. The Labute approximate surface area is 206 Å². The molecule has 6 nitrogen and oxygen atoms in total. The molecule has 0 atom stereocenters. The standard InChI is InChI=1S/C26H22F3N3O3S/c1-17(33)30-16-18-8-10-19(11-9-18)23-24(20-12-14-22(15-13-20)36(2,34)35)32(21-6-4-3-5-7-21)31-25(23)26(27,28)29/h3-15H,16H2,1-2H3,(H,30,33). The molecule has 4 aromatic rings. The van der Waals surface area contributed by atoms with Gasteiger partial charge in [-0.25, -0.2) is 13.1 Å². The largest absolute Gasteiger partial charge is 0.435 e. The fraction of sp³-hybridized carbons (Fsp3) is 0.154. The molecule has 36 heavy (non-hydrogen) atoms. The minimum absolute atomic E-state index is 0.0527. The molecule has 10 heteroatoms. The summed E-state index contributed by atoms with van der Waals surface area (Å²) in [5, 5.41) is 6.63. The average molecular weight is 514 g/mol. The first-order valence-electron chi connectivity index (χ1n) is 10.8. The van der Waals surface area contributed by atoms with Crippen LogP contribution in [0.15, 0.2) is 83.8 Å². The van der Waals surface area contributed by atoms with Gasteiger partial charge in [-0.2, -0.15) is 18.3 Å². The van der Waals surface area contributed by atoms with E-state index >= 15 is 0 Å². The topological polar surface area (TPSA) is 81.1 Å². The highest BCUT2D eigenvalue weighted by atomic mass is 32.2. The van der Waals surface area contributed by atoms with Crippen molar-refractivity contribution in [1.82, 2.24) is 15.1 Å². The summed E-state index contributed by atoms with van der Waals surface area (Å²) >= 11 is 0. The second-order valence-electron chi connectivity index (χ2n) is 8.22. The Morgan fingerprint density at radius 1 is 0.917 bits per heavy atom. The number of carbonyl (C=O) groups is 1. The molecule has 186 valence electrons. The normalized spacial score (nSPS) is 11.9. The quantitative estimate of drug-likeness (QED) is 0.381. The van der Waals surface area contributed by atoms with Crippen molar-refractivity contribution in [3.63, 3.8) is 0 Å². The zero-order chi connectivity index (χ0) is 26.1. The van der Waals surface area contributed by atoms with Crippen molar-refractivity contribution in [2.24, 2.45) is 0 Å². The van der Waals surface area contributed by atoms with Crippen LogP contribution >= 0.6 is 0 Å². The van der Waals surface area contributed by atoms with Gasteiger partial charge in [-0.05, 0) is 35.4 Å². The molecule has 0 saturated heterocycles. The van der Waals surface area contributed by atoms with Gasteiger partial charge in [0.05, 0.1) is 16.3 Å². The van der Waals surface area contributed by atoms with Gasteiger partial charge in [-0.15, -0.1) is 0 Å². The van der Waals surface area contributed by atoms with E-state index in [0.717, 1.165) is 11.8 Å². The summed E-state index contributed by atoms with van der Waals surface area (Å²) < 4.78 is 67.9. The van der Waals surface area contributed by atoms with Crippen LogP contribution in [0.5, 0.6) is 0 Å². The molecule has 3 aromatic carbocycles. The Hall–Kier alpha value is -3.92. The van der Waals surface area contributed by atoms with E-state index in [2.05, 4.69) is 10.4 Å². The van der Waals surface area contributed by atoms with Crippen LogP contribution < -0.4 is 5.32 Å². The third kappa shape index (κ3) is 5.33. The fourth-order valence-corrected chi connectivity index (χ4v) is 4.42. The van der Waals surface area contributed by atoms with Gasteiger partial charge < -0.3 is 5.32 Å². The molecule has 0 bridgehead atoms. The monoisotopic (exact) mass is 513 g/mol. The molecule has 1 heterocycles. The second-order valence-corrected chi connectivity index (χ2v) is 10.2. The van der Waals surface area contributed by atoms with Crippen molar-refractivity contribution >= 4 is 15.7 Å². The minimum Gasteiger partial charge on any atom is -0.352 e. The zero-order valence-electron chi connectivity index (χ0n) is 19.4. The van der Waals surface area contributed by atoms with E-state index < -0.39 is 21.7 Å². The highest BCUT2D eigenvalue weighted by Gasteiger charge is 2.40. The number of carbonyl (C=O) groups excluding carboxylic acids is 1. The number of hydrogen-bond acceptors (Lipinski definition) is 4. The summed E-state index contributed by atoms with van der Waals surface area (Å²) in [4.78, 5) is 11.3. The highest BCUT2D eigenvalue weighted by Crippen LogP contribution is 2.43. The number of halogens is 3. The minimum atomic E-state index is -4.76. The van der Waals surface area contributed by atoms with E-state index in [0.29, 0.717) is 11.3 Å². The lowest BCUT2D eigenvalue weighted by Crippen LogP contribution is -2.18. The van der Waals surface area contributed by atoms with Crippen molar-refractivity contribution in [3.05, 3.63) is 90.1 Å². The van der Waals surface area contributed by atoms with E-state index in [4.69, 9.17) is 0 Å². The van der Waals surface area contributed by atoms with Gasteiger partial charge in [0.15, 0.2) is 15.5 Å². The number of nitrogens with one attached hydrogen (secondary N) is 1. The van der Waals surface area contributed by atoms with Crippen LogP contribution in [0.1, 0.15) is 18.2 Å². The van der Waals surface area contributed by atoms with Gasteiger partial charge in [0, 0.05) is 30.9 Å². The Bertz CT molecular complexity index is 1490. The smallest absolute Gasteiger partial charge is 0.352 e. The highest BCUT2D eigenvalue weighted by molar-refractivity contribution is 7.90. The van der Waals surface area contributed by atoms with Gasteiger partial charge in [-0.1, -0.05) is 54.6 Å². The van der Waals surface area contributed by atoms with E-state index in [1.807, 2.05) is 0 Å². The lowest BCUT2D eigenvalue weighted by atomic mass is 9.97. The maximum atomic E-state index is 14.3. The molecular formula is C26H22F3N3O3S. The number of amides is 1. The van der Waals surface area contributed by atoms with Gasteiger partial charge in [0.2, 0.25) is 5.91 Å². The maximum absolute atomic E-state index is 14.3. The fourth-order valence-electron chi connectivity index (χ4n) is 3.79. The number of alkyl halides is 3. The third-order valence-electron chi connectivity index (χ3n) is 5.49. The number of benzene rings is 3. The molecule has 0 aliphatic carbocycles. The van der Waals surface area contributed by atoms with Crippen LogP contribution in [-0.4, -0.2) is 30.4 Å². The van der Waals surface area contributed by atoms with Crippen molar-refractivity contribution in [2.75, 3.05) is 6.26 Å². The third-order valence-corrected chi connectivity index (χ3v) is 6.62. The summed E-state index contributed by atoms with van der Waals surface area (Å²) in [5.41, 5.74) is 0.747. The van der Waals surface area contributed by atoms with Gasteiger partial charge in [0.1, 0.15) is 0 Å². The predicted molar refractivity (Wildman–Crippen MR) is 130 cm³/mol. The summed E-state index contributed by atoms with van der Waals surface area (Å²) in [6.45, 7) is 1.62. The number of rotatable bonds is 6. The Morgan fingerprint density at radius 3 is 2.03 bits per heavy atom. The molecule has 0 saturated carbocycles. The van der Waals surface area contributed by atoms with Gasteiger partial charge in [0.25, 0.3) is 0 Å². The van der Waals surface area contributed by atoms with Crippen LogP contribution in [0.25, 0.3) is 28.1 Å². The predicted octanol–water partition coefficient (Wildman–Crippen LogP) is 5.26. The summed E-state index contributed by atoms with van der Waals surface area (Å²) in [6.07, 6.45) is -3.70. The molecule has 1 aromatic heterocycles. The molecule has 0 unspecified atom stereocenters. The zero-order valence-corrected chi connectivity index (χ0v) is 20.2. The van der Waals surface area contributed by atoms with Gasteiger partial charge in [-0.3, -0.25) is 4.79 Å². The molecule has 4 rings (SSSR count). The van der Waals surface area contributed by atoms with Crippen LogP contribution in [0.3, 0.4) is 0 Å². The van der Waals surface area contributed by atoms with E-state index in [-0.39, 0.29) is 34.2 Å². The number of hydrogen-bond donors (Lipinski definition) is 1. The molecule has 0 fully saturated rings. The van der Waals surface area contributed by atoms with Crippen molar-refractivity contribution in [1.29, 1.82) is 0 Å². The summed E-state index contributed by atoms with van der Waals surface area (Å²) in [6, 6.07) is 20.5. The SMILES string of the molecule is CC(=O)NCc1ccc(-c2c(C(F)(F)F)nn(-c3ccccc3)c2-c2ccc(S(C)(=O)=O)cc2)cc1. The Balaban J connectivity index is 1.97. The molecule has 0 aliphatic heterocycles. The van der Waals surface area contributed by atoms with E-state index in [9.17, 15) is 26.4 Å². The van der Waals surface area contributed by atoms with E-state index in [1.54, 1.807) is 54.6 Å². The van der Waals surface area contributed by atoms with E-state index in [1.165, 1.54) is 35.9 Å². The van der Waals surface area contributed by atoms with Crippen LogP contribution in [0.4, 0.5) is 13.2 Å². The average Bonchev–Trinajstić information content (AvgIpc) is 3.24. The Kier molecular flexibility index (Phi) is 6.73. The molecule has 0 spiro atoms.